The first kappa shape index (κ1) is 17.8. The fourth-order valence-corrected chi connectivity index (χ4v) is 1.75. The van der Waals surface area contributed by atoms with Gasteiger partial charge in [0.15, 0.2) is 11.5 Å². The summed E-state index contributed by atoms with van der Waals surface area (Å²) in [7, 11) is 6.88. The second-order valence-corrected chi connectivity index (χ2v) is 4.95. The van der Waals surface area contributed by atoms with Crippen molar-refractivity contribution >= 4 is 17.5 Å². The lowest BCUT2D eigenvalue weighted by atomic mass is 10.2. The van der Waals surface area contributed by atoms with Crippen molar-refractivity contribution in [3.63, 3.8) is 0 Å². The summed E-state index contributed by atoms with van der Waals surface area (Å²) in [5.41, 5.74) is 0.545. The highest BCUT2D eigenvalue weighted by Crippen LogP contribution is 2.29. The Balaban J connectivity index is 2.49. The van der Waals surface area contributed by atoms with E-state index < -0.39 is 0 Å². The zero-order valence-corrected chi connectivity index (χ0v) is 13.4. The standard InChI is InChI=1S/C15H23N3O4/c1-18(2)8-7-16-14(19)10-15(20)17-11-5-6-12(21-3)13(9-11)22-4/h5-6,9H,7-8,10H2,1-4H3,(H,16,19)(H,17,20). The molecule has 0 radical (unpaired) electrons. The molecule has 0 aliphatic heterocycles. The number of ether oxygens (including phenoxy) is 2. The molecule has 22 heavy (non-hydrogen) atoms. The Bertz CT molecular complexity index is 518. The second-order valence-electron chi connectivity index (χ2n) is 4.95. The molecule has 1 rings (SSSR count). The van der Waals surface area contributed by atoms with E-state index in [9.17, 15) is 9.59 Å². The number of methoxy groups -OCH3 is 2. The van der Waals surface area contributed by atoms with Crippen molar-refractivity contribution in [2.24, 2.45) is 0 Å². The molecule has 0 heterocycles. The molecule has 0 aliphatic rings. The summed E-state index contributed by atoms with van der Waals surface area (Å²) in [6.45, 7) is 1.23. The van der Waals surface area contributed by atoms with Gasteiger partial charge in [-0.1, -0.05) is 0 Å². The molecule has 0 spiro atoms. The lowest BCUT2D eigenvalue weighted by molar-refractivity contribution is -0.126. The normalized spacial score (nSPS) is 10.2. The van der Waals surface area contributed by atoms with Gasteiger partial charge in [-0.15, -0.1) is 0 Å². The van der Waals surface area contributed by atoms with Gasteiger partial charge in [-0.3, -0.25) is 9.59 Å². The molecule has 2 amide bonds. The van der Waals surface area contributed by atoms with Crippen molar-refractivity contribution in [2.45, 2.75) is 6.42 Å². The molecule has 0 bridgehead atoms. The molecule has 0 saturated carbocycles. The quantitative estimate of drug-likeness (QED) is 0.691. The Kier molecular flexibility index (Phi) is 7.18. The van der Waals surface area contributed by atoms with E-state index in [0.717, 1.165) is 6.54 Å². The monoisotopic (exact) mass is 309 g/mol. The van der Waals surface area contributed by atoms with Gasteiger partial charge in [0, 0.05) is 24.8 Å². The van der Waals surface area contributed by atoms with Gasteiger partial charge >= 0.3 is 0 Å². The maximum Gasteiger partial charge on any atom is 0.233 e. The number of likely N-dealkylation sites (N-methyl/N-ethyl adjacent to an activating group) is 1. The molecule has 0 aliphatic carbocycles. The summed E-state index contributed by atoms with van der Waals surface area (Å²) in [5, 5.41) is 5.34. The Hall–Kier alpha value is -2.28. The van der Waals surface area contributed by atoms with Crippen LogP contribution in [0.5, 0.6) is 11.5 Å². The van der Waals surface area contributed by atoms with Crippen molar-refractivity contribution in [1.29, 1.82) is 0 Å². The molecule has 7 heteroatoms. The first-order valence-electron chi connectivity index (χ1n) is 6.89. The first-order valence-corrected chi connectivity index (χ1v) is 6.89. The van der Waals surface area contributed by atoms with Gasteiger partial charge in [0.2, 0.25) is 11.8 Å². The van der Waals surface area contributed by atoms with E-state index in [0.29, 0.717) is 23.7 Å². The van der Waals surface area contributed by atoms with Gasteiger partial charge in [0.1, 0.15) is 6.42 Å². The summed E-state index contributed by atoms with van der Waals surface area (Å²) in [5.74, 6) is 0.395. The Morgan fingerprint density at radius 1 is 1.09 bits per heavy atom. The largest absolute Gasteiger partial charge is 0.493 e. The molecule has 2 N–H and O–H groups in total. The van der Waals surface area contributed by atoms with Gasteiger partial charge in [-0.2, -0.15) is 0 Å². The van der Waals surface area contributed by atoms with Crippen LogP contribution in [0, 0.1) is 0 Å². The third kappa shape index (κ3) is 6.01. The summed E-state index contributed by atoms with van der Waals surface area (Å²) in [4.78, 5) is 25.4. The number of benzene rings is 1. The number of nitrogens with one attached hydrogen (secondary N) is 2. The Morgan fingerprint density at radius 2 is 1.77 bits per heavy atom. The van der Waals surface area contributed by atoms with Crippen LogP contribution in [0.25, 0.3) is 0 Å². The van der Waals surface area contributed by atoms with Crippen LogP contribution in [0.3, 0.4) is 0 Å². The maximum atomic E-state index is 11.8. The topological polar surface area (TPSA) is 79.9 Å². The van der Waals surface area contributed by atoms with Crippen molar-refractivity contribution in [1.82, 2.24) is 10.2 Å². The predicted octanol–water partition coefficient (Wildman–Crippen LogP) is 0.710. The smallest absolute Gasteiger partial charge is 0.233 e. The van der Waals surface area contributed by atoms with Gasteiger partial charge in [0.05, 0.1) is 14.2 Å². The van der Waals surface area contributed by atoms with Gasteiger partial charge < -0.3 is 25.0 Å². The minimum atomic E-state index is -0.380. The third-order valence-electron chi connectivity index (χ3n) is 2.87. The summed E-state index contributed by atoms with van der Waals surface area (Å²) >= 11 is 0. The Morgan fingerprint density at radius 3 is 2.36 bits per heavy atom. The number of anilines is 1. The summed E-state index contributed by atoms with van der Waals surface area (Å²) in [6.07, 6.45) is -0.220. The Labute approximate surface area is 130 Å². The summed E-state index contributed by atoms with van der Waals surface area (Å²) < 4.78 is 10.3. The van der Waals surface area contributed by atoms with Crippen molar-refractivity contribution < 1.29 is 19.1 Å². The van der Waals surface area contributed by atoms with Crippen LogP contribution < -0.4 is 20.1 Å². The minimum absolute atomic E-state index is 0.220. The number of hydrogen-bond donors (Lipinski definition) is 2. The molecular weight excluding hydrogens is 286 g/mol. The highest BCUT2D eigenvalue weighted by atomic mass is 16.5. The maximum absolute atomic E-state index is 11.8. The van der Waals surface area contributed by atoms with Crippen LogP contribution in [0.4, 0.5) is 5.69 Å². The zero-order valence-electron chi connectivity index (χ0n) is 13.4. The van der Waals surface area contributed by atoms with Crippen molar-refractivity contribution in [3.05, 3.63) is 18.2 Å². The minimum Gasteiger partial charge on any atom is -0.493 e. The van der Waals surface area contributed by atoms with E-state index in [-0.39, 0.29) is 18.2 Å². The molecule has 122 valence electrons. The molecule has 0 fully saturated rings. The molecule has 0 aromatic heterocycles. The first-order chi connectivity index (χ1) is 10.5. The molecule has 0 atom stereocenters. The second kappa shape index (κ2) is 8.89. The number of carbonyl (C=O) groups is 2. The van der Waals surface area contributed by atoms with Crippen LogP contribution >= 0.6 is 0 Å². The van der Waals surface area contributed by atoms with Crippen LogP contribution in [0.2, 0.25) is 0 Å². The van der Waals surface area contributed by atoms with Crippen LogP contribution in [-0.4, -0.2) is 58.1 Å². The van der Waals surface area contributed by atoms with E-state index in [1.807, 2.05) is 19.0 Å². The number of carbonyl (C=O) groups excluding carboxylic acids is 2. The van der Waals surface area contributed by atoms with Crippen LogP contribution in [0.1, 0.15) is 6.42 Å². The molecule has 1 aromatic rings. The lowest BCUT2D eigenvalue weighted by Gasteiger charge is -2.11. The number of hydrogen-bond acceptors (Lipinski definition) is 5. The van der Waals surface area contributed by atoms with Crippen LogP contribution in [0.15, 0.2) is 18.2 Å². The number of amides is 2. The van der Waals surface area contributed by atoms with Gasteiger partial charge in [0.25, 0.3) is 0 Å². The van der Waals surface area contributed by atoms with E-state index >= 15 is 0 Å². The van der Waals surface area contributed by atoms with Gasteiger partial charge in [-0.25, -0.2) is 0 Å². The fraction of sp³-hybridized carbons (Fsp3) is 0.467. The number of nitrogens with zero attached hydrogens (tertiary/aromatic N) is 1. The zero-order chi connectivity index (χ0) is 16.5. The van der Waals surface area contributed by atoms with Crippen LogP contribution in [-0.2, 0) is 9.59 Å². The van der Waals surface area contributed by atoms with Gasteiger partial charge in [-0.05, 0) is 26.2 Å². The molecular formula is C15H23N3O4. The molecule has 1 aromatic carbocycles. The predicted molar refractivity (Wildman–Crippen MR) is 84.4 cm³/mol. The lowest BCUT2D eigenvalue weighted by Crippen LogP contribution is -2.33. The van der Waals surface area contributed by atoms with E-state index in [1.54, 1.807) is 18.2 Å². The van der Waals surface area contributed by atoms with Crippen molar-refractivity contribution in [3.8, 4) is 11.5 Å². The highest BCUT2D eigenvalue weighted by Gasteiger charge is 2.11. The third-order valence-corrected chi connectivity index (χ3v) is 2.87. The fourth-order valence-electron chi connectivity index (χ4n) is 1.75. The average molecular weight is 309 g/mol. The molecule has 7 nitrogen and oxygen atoms in total. The average Bonchev–Trinajstić information content (AvgIpc) is 2.46. The molecule has 0 unspecified atom stereocenters. The van der Waals surface area contributed by atoms with Crippen molar-refractivity contribution in [2.75, 3.05) is 46.7 Å². The number of rotatable bonds is 8. The van der Waals surface area contributed by atoms with E-state index in [4.69, 9.17) is 9.47 Å². The SMILES string of the molecule is COc1ccc(NC(=O)CC(=O)NCCN(C)C)cc1OC. The summed E-state index contributed by atoms with van der Waals surface area (Å²) in [6, 6.07) is 5.01. The van der Waals surface area contributed by atoms with E-state index in [1.165, 1.54) is 14.2 Å². The highest BCUT2D eigenvalue weighted by molar-refractivity contribution is 6.03. The van der Waals surface area contributed by atoms with E-state index in [2.05, 4.69) is 10.6 Å². The molecule has 0 saturated heterocycles.